The molecule has 0 aliphatic heterocycles. The van der Waals surface area contributed by atoms with Gasteiger partial charge in [0.05, 0.1) is 18.3 Å². The second-order valence-corrected chi connectivity index (χ2v) is 10.9. The summed E-state index contributed by atoms with van der Waals surface area (Å²) in [5, 5.41) is 4.02. The van der Waals surface area contributed by atoms with E-state index >= 15 is 0 Å². The number of carbonyl (C=O) groups is 1. The molecule has 0 saturated heterocycles. The highest BCUT2D eigenvalue weighted by Crippen LogP contribution is 2.55. The zero-order chi connectivity index (χ0) is 21.4. The van der Waals surface area contributed by atoms with Crippen LogP contribution in [0.25, 0.3) is 0 Å². The Kier molecular flexibility index (Phi) is 8.56. The number of ether oxygens (including phenoxy) is 1. The summed E-state index contributed by atoms with van der Waals surface area (Å²) in [7, 11) is -1.89. The number of esters is 1. The number of hydrogen-bond donors (Lipinski definition) is 0. The molecule has 0 radical (unpaired) electrons. The molecule has 3 aromatic carbocycles. The van der Waals surface area contributed by atoms with Crippen LogP contribution in [0, 0.1) is 0 Å². The van der Waals surface area contributed by atoms with Crippen molar-refractivity contribution in [1.29, 1.82) is 0 Å². The molecule has 162 valence electrons. The minimum absolute atomic E-state index is 0. The fourth-order valence-corrected chi connectivity index (χ4v) is 8.23. The Balaban J connectivity index is 0.00000289. The normalized spacial score (nSPS) is 10.8. The van der Waals surface area contributed by atoms with Crippen LogP contribution < -0.4 is 28.3 Å². The minimum Gasteiger partial charge on any atom is -1.00 e. The lowest BCUT2D eigenvalue weighted by Gasteiger charge is -2.27. The van der Waals surface area contributed by atoms with Gasteiger partial charge in [0.15, 0.2) is 0 Å². The van der Waals surface area contributed by atoms with Gasteiger partial charge in [0, 0.05) is 18.8 Å². The summed E-state index contributed by atoms with van der Waals surface area (Å²) in [6.07, 6.45) is 4.89. The van der Waals surface area contributed by atoms with Crippen LogP contribution in [0.5, 0.6) is 0 Å². The molecule has 0 spiro atoms. The van der Waals surface area contributed by atoms with Gasteiger partial charge < -0.3 is 17.1 Å². The molecule has 0 atom stereocenters. The van der Waals surface area contributed by atoms with Crippen molar-refractivity contribution in [1.82, 2.24) is 4.98 Å². The Morgan fingerprint density at radius 1 is 0.719 bits per heavy atom. The van der Waals surface area contributed by atoms with E-state index in [1.165, 1.54) is 22.1 Å². The SMILES string of the molecule is O=C(OCCC[P+](c1ccccc1)(c1ccccc1)c1ccccc1)c1cccnc1.[Cl-]. The van der Waals surface area contributed by atoms with Gasteiger partial charge in [0.1, 0.15) is 23.2 Å². The maximum absolute atomic E-state index is 12.3. The van der Waals surface area contributed by atoms with Gasteiger partial charge in [-0.15, -0.1) is 0 Å². The number of pyridine rings is 1. The monoisotopic (exact) mass is 461 g/mol. The van der Waals surface area contributed by atoms with Gasteiger partial charge in [-0.05, 0) is 48.5 Å². The van der Waals surface area contributed by atoms with Crippen molar-refractivity contribution in [2.75, 3.05) is 12.8 Å². The number of rotatable bonds is 8. The van der Waals surface area contributed by atoms with Gasteiger partial charge in [-0.1, -0.05) is 54.6 Å². The zero-order valence-electron chi connectivity index (χ0n) is 17.7. The minimum atomic E-state index is -1.89. The van der Waals surface area contributed by atoms with E-state index in [0.29, 0.717) is 12.2 Å². The van der Waals surface area contributed by atoms with Crippen molar-refractivity contribution in [2.24, 2.45) is 0 Å². The third kappa shape index (κ3) is 5.24. The Morgan fingerprint density at radius 2 is 1.22 bits per heavy atom. The van der Waals surface area contributed by atoms with Crippen LogP contribution >= 0.6 is 7.26 Å². The van der Waals surface area contributed by atoms with Gasteiger partial charge in [-0.2, -0.15) is 0 Å². The second kappa shape index (κ2) is 11.6. The highest BCUT2D eigenvalue weighted by atomic mass is 35.5. The molecule has 0 fully saturated rings. The maximum atomic E-state index is 12.3. The predicted octanol–water partition coefficient (Wildman–Crippen LogP) is 1.63. The molecule has 5 heteroatoms. The van der Waals surface area contributed by atoms with Crippen molar-refractivity contribution < 1.29 is 21.9 Å². The molecule has 0 aliphatic carbocycles. The summed E-state index contributed by atoms with van der Waals surface area (Å²) in [4.78, 5) is 16.3. The molecule has 32 heavy (non-hydrogen) atoms. The quantitative estimate of drug-likeness (QED) is 0.227. The third-order valence-corrected chi connectivity index (χ3v) is 9.89. The first kappa shape index (κ1) is 23.7. The van der Waals surface area contributed by atoms with E-state index in [0.717, 1.165) is 12.6 Å². The molecule has 0 unspecified atom stereocenters. The van der Waals surface area contributed by atoms with Crippen LogP contribution in [0.2, 0.25) is 0 Å². The van der Waals surface area contributed by atoms with Crippen LogP contribution in [0.15, 0.2) is 116 Å². The van der Waals surface area contributed by atoms with Crippen molar-refractivity contribution in [3.05, 3.63) is 121 Å². The fraction of sp³-hybridized carbons (Fsp3) is 0.111. The first-order chi connectivity index (χ1) is 15.3. The third-order valence-electron chi connectivity index (χ3n) is 5.36. The molecule has 0 bridgehead atoms. The molecular weight excluding hydrogens is 437 g/mol. The molecule has 0 saturated carbocycles. The molecule has 4 rings (SSSR count). The predicted molar refractivity (Wildman–Crippen MR) is 129 cm³/mol. The van der Waals surface area contributed by atoms with E-state index in [4.69, 9.17) is 4.74 Å². The van der Waals surface area contributed by atoms with E-state index in [-0.39, 0.29) is 18.4 Å². The van der Waals surface area contributed by atoms with Crippen molar-refractivity contribution >= 4 is 29.1 Å². The highest BCUT2D eigenvalue weighted by Gasteiger charge is 2.44. The summed E-state index contributed by atoms with van der Waals surface area (Å²) in [6.45, 7) is 0.377. The number of hydrogen-bond acceptors (Lipinski definition) is 3. The Labute approximate surface area is 196 Å². The molecular formula is C27H25ClNO2P. The van der Waals surface area contributed by atoms with E-state index in [2.05, 4.69) is 96.0 Å². The van der Waals surface area contributed by atoms with Gasteiger partial charge in [0.2, 0.25) is 0 Å². The fourth-order valence-electron chi connectivity index (χ4n) is 3.92. The number of benzene rings is 3. The highest BCUT2D eigenvalue weighted by molar-refractivity contribution is 7.95. The molecule has 4 aromatic rings. The van der Waals surface area contributed by atoms with Crippen molar-refractivity contribution in [3.8, 4) is 0 Å². The molecule has 1 aromatic heterocycles. The van der Waals surface area contributed by atoms with Gasteiger partial charge in [-0.25, -0.2) is 4.79 Å². The number of nitrogens with zero attached hydrogens (tertiary/aromatic N) is 1. The first-order valence-corrected chi connectivity index (χ1v) is 12.4. The number of carbonyl (C=O) groups excluding carboxylic acids is 1. The van der Waals surface area contributed by atoms with Gasteiger partial charge in [0.25, 0.3) is 0 Å². The van der Waals surface area contributed by atoms with Gasteiger partial charge >= 0.3 is 5.97 Å². The van der Waals surface area contributed by atoms with Gasteiger partial charge in [-0.3, -0.25) is 4.98 Å². The van der Waals surface area contributed by atoms with E-state index in [1.54, 1.807) is 18.3 Å². The standard InChI is InChI=1S/C27H25NO2P.ClH/c29-27(23-12-10-19-28-22-23)30-20-11-21-31(24-13-4-1-5-14-24,25-15-6-2-7-16-25)26-17-8-3-9-18-26;/h1-10,12-19,22H,11,20-21H2;1H/q+1;/p-1. The second-order valence-electron chi connectivity index (χ2n) is 7.27. The van der Waals surface area contributed by atoms with Crippen LogP contribution in [-0.4, -0.2) is 23.7 Å². The van der Waals surface area contributed by atoms with Crippen molar-refractivity contribution in [2.45, 2.75) is 6.42 Å². The van der Waals surface area contributed by atoms with E-state index < -0.39 is 7.26 Å². The summed E-state index contributed by atoms with van der Waals surface area (Å²) in [5.74, 6) is -0.323. The maximum Gasteiger partial charge on any atom is 0.339 e. The lowest BCUT2D eigenvalue weighted by Crippen LogP contribution is -3.00. The summed E-state index contributed by atoms with van der Waals surface area (Å²) >= 11 is 0. The number of halogens is 1. The summed E-state index contributed by atoms with van der Waals surface area (Å²) in [6, 6.07) is 35.7. The molecule has 0 N–H and O–H groups in total. The summed E-state index contributed by atoms with van der Waals surface area (Å²) < 4.78 is 5.57. The van der Waals surface area contributed by atoms with Crippen LogP contribution in [0.3, 0.4) is 0 Å². The Bertz CT molecular complexity index is 997. The van der Waals surface area contributed by atoms with E-state index in [1.807, 2.05) is 0 Å². The summed E-state index contributed by atoms with van der Waals surface area (Å²) in [5.41, 5.74) is 0.484. The molecule has 0 aliphatic rings. The molecule has 3 nitrogen and oxygen atoms in total. The smallest absolute Gasteiger partial charge is 0.339 e. The average molecular weight is 462 g/mol. The topological polar surface area (TPSA) is 39.2 Å². The zero-order valence-corrected chi connectivity index (χ0v) is 19.3. The van der Waals surface area contributed by atoms with Crippen LogP contribution in [0.1, 0.15) is 16.8 Å². The average Bonchev–Trinajstić information content (AvgIpc) is 2.86. The lowest BCUT2D eigenvalue weighted by molar-refractivity contribution is -0.0000241. The lowest BCUT2D eigenvalue weighted by atomic mass is 10.3. The number of aromatic nitrogens is 1. The Morgan fingerprint density at radius 3 is 1.66 bits per heavy atom. The molecule has 1 heterocycles. The van der Waals surface area contributed by atoms with Crippen LogP contribution in [-0.2, 0) is 4.74 Å². The largest absolute Gasteiger partial charge is 1.00 e. The molecule has 0 amide bonds. The Hall–Kier alpha value is -3.00. The van der Waals surface area contributed by atoms with E-state index in [9.17, 15) is 4.79 Å². The first-order valence-electron chi connectivity index (χ1n) is 10.4. The van der Waals surface area contributed by atoms with Crippen LogP contribution in [0.4, 0.5) is 0 Å². The van der Waals surface area contributed by atoms with Crippen molar-refractivity contribution in [3.63, 3.8) is 0 Å².